The molecule has 1 N–H and O–H groups in total. The van der Waals surface area contributed by atoms with Crippen molar-refractivity contribution in [3.05, 3.63) is 40.3 Å². The van der Waals surface area contributed by atoms with Crippen molar-refractivity contribution in [2.45, 2.75) is 32.4 Å². The molecule has 7 nitrogen and oxygen atoms in total. The van der Waals surface area contributed by atoms with Gasteiger partial charge in [-0.15, -0.1) is 0 Å². The maximum absolute atomic E-state index is 12.6. The number of fused-ring (bicyclic) bond motifs is 1. The predicted molar refractivity (Wildman–Crippen MR) is 90.9 cm³/mol. The molecule has 1 aliphatic heterocycles. The predicted octanol–water partition coefficient (Wildman–Crippen LogP) is 0.894. The van der Waals surface area contributed by atoms with Crippen LogP contribution in [0.2, 0.25) is 0 Å². The first kappa shape index (κ1) is 16.6. The minimum absolute atomic E-state index is 0.0551. The molecule has 0 unspecified atom stereocenters. The molecule has 1 aromatic heterocycles. The number of nitrogens with zero attached hydrogens (tertiary/aromatic N) is 2. The SMILES string of the molecule is CC(C)n1nc(C(=O)N[C@H]2CCS(=O)(=O)C2)c2ccccc2c1=O. The Hall–Kier alpha value is -2.22. The molecule has 1 fully saturated rings. The van der Waals surface area contributed by atoms with Gasteiger partial charge in [0.25, 0.3) is 11.5 Å². The Morgan fingerprint density at radius 3 is 2.54 bits per heavy atom. The van der Waals surface area contributed by atoms with Gasteiger partial charge in [-0.3, -0.25) is 9.59 Å². The summed E-state index contributed by atoms with van der Waals surface area (Å²) in [7, 11) is -3.08. The molecular formula is C16H19N3O4S. The Kier molecular flexibility index (Phi) is 4.16. The Bertz CT molecular complexity index is 963. The third-order valence-electron chi connectivity index (χ3n) is 4.10. The molecule has 24 heavy (non-hydrogen) atoms. The number of sulfone groups is 1. The average Bonchev–Trinajstić information content (AvgIpc) is 2.86. The van der Waals surface area contributed by atoms with E-state index >= 15 is 0 Å². The second-order valence-corrected chi connectivity index (χ2v) is 8.54. The molecule has 2 aromatic rings. The van der Waals surface area contributed by atoms with Crippen molar-refractivity contribution < 1.29 is 13.2 Å². The molecule has 1 atom stereocenters. The molecule has 128 valence electrons. The van der Waals surface area contributed by atoms with Gasteiger partial charge in [0.05, 0.1) is 22.9 Å². The number of rotatable bonds is 3. The molecular weight excluding hydrogens is 330 g/mol. The van der Waals surface area contributed by atoms with E-state index < -0.39 is 21.8 Å². The highest BCUT2D eigenvalue weighted by Gasteiger charge is 2.30. The molecule has 0 radical (unpaired) electrons. The zero-order valence-corrected chi connectivity index (χ0v) is 14.3. The normalized spacial score (nSPS) is 19.7. The summed E-state index contributed by atoms with van der Waals surface area (Å²) >= 11 is 0. The van der Waals surface area contributed by atoms with E-state index in [1.165, 1.54) is 4.68 Å². The van der Waals surface area contributed by atoms with E-state index in [0.717, 1.165) is 0 Å². The van der Waals surface area contributed by atoms with Crippen LogP contribution in [-0.2, 0) is 9.84 Å². The van der Waals surface area contributed by atoms with Gasteiger partial charge in [0, 0.05) is 11.4 Å². The van der Waals surface area contributed by atoms with Crippen LogP contribution < -0.4 is 10.9 Å². The first-order valence-corrected chi connectivity index (χ1v) is 9.63. The van der Waals surface area contributed by atoms with Gasteiger partial charge in [0.2, 0.25) is 0 Å². The maximum Gasteiger partial charge on any atom is 0.274 e. The molecule has 1 aliphatic rings. The summed E-state index contributed by atoms with van der Waals surface area (Å²) in [5.41, 5.74) is -0.108. The quantitative estimate of drug-likeness (QED) is 0.887. The number of aromatic nitrogens is 2. The van der Waals surface area contributed by atoms with Gasteiger partial charge < -0.3 is 5.32 Å². The molecule has 0 spiro atoms. The molecule has 1 saturated heterocycles. The van der Waals surface area contributed by atoms with Crippen LogP contribution in [0.25, 0.3) is 10.8 Å². The first-order chi connectivity index (χ1) is 11.3. The molecule has 0 saturated carbocycles. The smallest absolute Gasteiger partial charge is 0.274 e. The van der Waals surface area contributed by atoms with E-state index in [0.29, 0.717) is 17.2 Å². The summed E-state index contributed by atoms with van der Waals surface area (Å²) in [4.78, 5) is 25.1. The largest absolute Gasteiger partial charge is 0.347 e. The van der Waals surface area contributed by atoms with Crippen molar-refractivity contribution in [1.29, 1.82) is 0 Å². The standard InChI is InChI=1S/C16H19N3O4S/c1-10(2)19-16(21)13-6-4-3-5-12(13)14(18-19)15(20)17-11-7-8-24(22,23)9-11/h3-6,10-11H,7-9H2,1-2H3,(H,17,20)/t11-/m0/s1. The van der Waals surface area contributed by atoms with Gasteiger partial charge in [-0.25, -0.2) is 13.1 Å². The van der Waals surface area contributed by atoms with Crippen molar-refractivity contribution in [2.75, 3.05) is 11.5 Å². The number of hydrogen-bond acceptors (Lipinski definition) is 5. The second-order valence-electron chi connectivity index (χ2n) is 6.31. The lowest BCUT2D eigenvalue weighted by Crippen LogP contribution is -2.38. The van der Waals surface area contributed by atoms with Gasteiger partial charge in [-0.1, -0.05) is 18.2 Å². The number of nitrogens with one attached hydrogen (secondary N) is 1. The zero-order chi connectivity index (χ0) is 17.5. The van der Waals surface area contributed by atoms with Gasteiger partial charge in [-0.05, 0) is 26.3 Å². The van der Waals surface area contributed by atoms with E-state index in [2.05, 4.69) is 10.4 Å². The van der Waals surface area contributed by atoms with E-state index in [1.807, 2.05) is 13.8 Å². The van der Waals surface area contributed by atoms with Crippen LogP contribution in [0.5, 0.6) is 0 Å². The lowest BCUT2D eigenvalue weighted by molar-refractivity contribution is 0.0935. The van der Waals surface area contributed by atoms with E-state index in [9.17, 15) is 18.0 Å². The van der Waals surface area contributed by atoms with Gasteiger partial charge in [0.15, 0.2) is 15.5 Å². The van der Waals surface area contributed by atoms with Crippen LogP contribution in [0, 0.1) is 0 Å². The van der Waals surface area contributed by atoms with Crippen molar-refractivity contribution in [3.8, 4) is 0 Å². The summed E-state index contributed by atoms with van der Waals surface area (Å²) in [6.07, 6.45) is 0.399. The van der Waals surface area contributed by atoms with Crippen LogP contribution in [0.15, 0.2) is 29.1 Å². The minimum atomic E-state index is -3.08. The molecule has 0 aliphatic carbocycles. The first-order valence-electron chi connectivity index (χ1n) is 7.81. The van der Waals surface area contributed by atoms with E-state index in [4.69, 9.17) is 0 Å². The summed E-state index contributed by atoms with van der Waals surface area (Å²) in [5.74, 6) is -0.430. The van der Waals surface area contributed by atoms with Crippen LogP contribution in [-0.4, -0.2) is 41.7 Å². The highest BCUT2D eigenvalue weighted by atomic mass is 32.2. The van der Waals surface area contributed by atoms with Crippen molar-refractivity contribution in [2.24, 2.45) is 0 Å². The van der Waals surface area contributed by atoms with Gasteiger partial charge in [-0.2, -0.15) is 5.10 Å². The number of benzene rings is 1. The van der Waals surface area contributed by atoms with Crippen molar-refractivity contribution in [3.63, 3.8) is 0 Å². The van der Waals surface area contributed by atoms with Crippen LogP contribution in [0.3, 0.4) is 0 Å². The number of hydrogen-bond donors (Lipinski definition) is 1. The second kappa shape index (κ2) is 6.01. The maximum atomic E-state index is 12.6. The molecule has 2 heterocycles. The Balaban J connectivity index is 2.04. The summed E-state index contributed by atoms with van der Waals surface area (Å²) in [6, 6.07) is 6.20. The van der Waals surface area contributed by atoms with Gasteiger partial charge >= 0.3 is 0 Å². The van der Waals surface area contributed by atoms with Gasteiger partial charge in [0.1, 0.15) is 0 Å². The molecule has 3 rings (SSSR count). The summed E-state index contributed by atoms with van der Waals surface area (Å²) < 4.78 is 24.4. The Morgan fingerprint density at radius 1 is 1.29 bits per heavy atom. The van der Waals surface area contributed by atoms with Crippen LogP contribution >= 0.6 is 0 Å². The molecule has 0 bridgehead atoms. The lowest BCUT2D eigenvalue weighted by Gasteiger charge is -2.15. The topological polar surface area (TPSA) is 98.1 Å². The number of amides is 1. The zero-order valence-electron chi connectivity index (χ0n) is 13.5. The highest BCUT2D eigenvalue weighted by Crippen LogP contribution is 2.16. The van der Waals surface area contributed by atoms with Crippen LogP contribution in [0.4, 0.5) is 0 Å². The summed E-state index contributed by atoms with van der Waals surface area (Å²) in [6.45, 7) is 3.63. The summed E-state index contributed by atoms with van der Waals surface area (Å²) in [5, 5.41) is 7.85. The minimum Gasteiger partial charge on any atom is -0.347 e. The van der Waals surface area contributed by atoms with E-state index in [1.54, 1.807) is 24.3 Å². The number of carbonyl (C=O) groups excluding carboxylic acids is 1. The average molecular weight is 349 g/mol. The fraction of sp³-hybridized carbons (Fsp3) is 0.438. The fourth-order valence-electron chi connectivity index (χ4n) is 2.89. The lowest BCUT2D eigenvalue weighted by atomic mass is 10.1. The van der Waals surface area contributed by atoms with Crippen LogP contribution in [0.1, 0.15) is 36.8 Å². The highest BCUT2D eigenvalue weighted by molar-refractivity contribution is 7.91. The van der Waals surface area contributed by atoms with Crippen molar-refractivity contribution in [1.82, 2.24) is 15.1 Å². The van der Waals surface area contributed by atoms with E-state index in [-0.39, 0.29) is 28.8 Å². The number of carbonyl (C=O) groups is 1. The Morgan fingerprint density at radius 2 is 1.96 bits per heavy atom. The molecule has 1 amide bonds. The third-order valence-corrected chi connectivity index (χ3v) is 5.87. The fourth-order valence-corrected chi connectivity index (χ4v) is 4.56. The molecule has 1 aromatic carbocycles. The monoisotopic (exact) mass is 349 g/mol. The Labute approximate surface area is 139 Å². The van der Waals surface area contributed by atoms with Crippen molar-refractivity contribution >= 4 is 26.5 Å². The third kappa shape index (κ3) is 3.06. The molecule has 8 heteroatoms.